The lowest BCUT2D eigenvalue weighted by Crippen LogP contribution is -2.09. The monoisotopic (exact) mass is 299 g/mol. The lowest BCUT2D eigenvalue weighted by molar-refractivity contribution is 0.605. The number of benzene rings is 1. The number of aromatic nitrogens is 3. The molecule has 1 aromatic heterocycles. The third kappa shape index (κ3) is 4.41. The zero-order valence-corrected chi connectivity index (χ0v) is 14.1. The summed E-state index contributed by atoms with van der Waals surface area (Å²) in [6, 6.07) is 4.32. The van der Waals surface area contributed by atoms with Crippen LogP contribution in [0, 0.1) is 26.7 Å². The molecule has 0 fully saturated rings. The van der Waals surface area contributed by atoms with Crippen LogP contribution in [-0.4, -0.2) is 21.7 Å². The molecule has 22 heavy (non-hydrogen) atoms. The molecule has 0 aliphatic carbocycles. The number of hydrogen-bond donors (Lipinski definition) is 2. The van der Waals surface area contributed by atoms with E-state index in [9.17, 15) is 0 Å². The van der Waals surface area contributed by atoms with Crippen LogP contribution in [0.1, 0.15) is 37.0 Å². The Kier molecular flexibility index (Phi) is 5.31. The summed E-state index contributed by atoms with van der Waals surface area (Å²) < 4.78 is 0. The first-order chi connectivity index (χ1) is 10.5. The van der Waals surface area contributed by atoms with Crippen LogP contribution >= 0.6 is 0 Å². The maximum Gasteiger partial charge on any atom is 0.244 e. The summed E-state index contributed by atoms with van der Waals surface area (Å²) in [5.41, 5.74) is 4.74. The Bertz CT molecular complexity index is 614. The summed E-state index contributed by atoms with van der Waals surface area (Å²) in [6.45, 7) is 11.5. The van der Waals surface area contributed by atoms with Gasteiger partial charge in [0.05, 0.1) is 6.20 Å². The van der Waals surface area contributed by atoms with Crippen LogP contribution in [-0.2, 0) is 0 Å². The van der Waals surface area contributed by atoms with Crippen molar-refractivity contribution in [3.63, 3.8) is 0 Å². The second kappa shape index (κ2) is 7.20. The van der Waals surface area contributed by atoms with Crippen molar-refractivity contribution < 1.29 is 0 Å². The molecule has 0 aliphatic rings. The summed E-state index contributed by atoms with van der Waals surface area (Å²) in [7, 11) is 0. The SMILES string of the molecule is Cc1cc(C)c(Nc2cnnc(NCCC(C)C)n2)c(C)c1. The Morgan fingerprint density at radius 1 is 1.09 bits per heavy atom. The topological polar surface area (TPSA) is 62.7 Å². The van der Waals surface area contributed by atoms with E-state index in [0.29, 0.717) is 17.7 Å². The van der Waals surface area contributed by atoms with Crippen LogP contribution in [0.2, 0.25) is 0 Å². The van der Waals surface area contributed by atoms with Crippen LogP contribution < -0.4 is 10.6 Å². The summed E-state index contributed by atoms with van der Waals surface area (Å²) >= 11 is 0. The number of anilines is 3. The fourth-order valence-electron chi connectivity index (χ4n) is 2.42. The van der Waals surface area contributed by atoms with Gasteiger partial charge in [0.25, 0.3) is 0 Å². The van der Waals surface area contributed by atoms with E-state index in [1.54, 1.807) is 6.20 Å². The number of nitrogens with one attached hydrogen (secondary N) is 2. The predicted octanol–water partition coefficient (Wildman–Crippen LogP) is 4.00. The minimum atomic E-state index is 0.563. The van der Waals surface area contributed by atoms with Crippen molar-refractivity contribution in [2.24, 2.45) is 5.92 Å². The average Bonchev–Trinajstić information content (AvgIpc) is 2.43. The maximum atomic E-state index is 4.47. The van der Waals surface area contributed by atoms with Crippen LogP contribution in [0.5, 0.6) is 0 Å². The molecule has 0 radical (unpaired) electrons. The third-order valence-corrected chi connectivity index (χ3v) is 3.49. The van der Waals surface area contributed by atoms with Crippen LogP contribution in [0.15, 0.2) is 18.3 Å². The first kappa shape index (κ1) is 16.2. The fourth-order valence-corrected chi connectivity index (χ4v) is 2.42. The Labute approximate surface area is 132 Å². The molecule has 2 N–H and O–H groups in total. The van der Waals surface area contributed by atoms with Crippen molar-refractivity contribution in [1.82, 2.24) is 15.2 Å². The Morgan fingerprint density at radius 2 is 1.77 bits per heavy atom. The maximum absolute atomic E-state index is 4.47. The molecule has 2 aromatic rings. The highest BCUT2D eigenvalue weighted by Crippen LogP contribution is 2.24. The molecular formula is C17H25N5. The summed E-state index contributed by atoms with van der Waals surface area (Å²) in [5.74, 6) is 1.92. The second-order valence-corrected chi connectivity index (χ2v) is 6.17. The molecule has 5 nitrogen and oxygen atoms in total. The lowest BCUT2D eigenvalue weighted by atomic mass is 10.1. The predicted molar refractivity (Wildman–Crippen MR) is 91.7 cm³/mol. The smallest absolute Gasteiger partial charge is 0.244 e. The molecule has 118 valence electrons. The summed E-state index contributed by atoms with van der Waals surface area (Å²) in [5, 5.41) is 14.6. The van der Waals surface area contributed by atoms with Crippen molar-refractivity contribution in [3.8, 4) is 0 Å². The average molecular weight is 299 g/mol. The zero-order chi connectivity index (χ0) is 16.1. The molecule has 2 rings (SSSR count). The summed E-state index contributed by atoms with van der Waals surface area (Å²) in [6.07, 6.45) is 2.73. The van der Waals surface area contributed by atoms with Gasteiger partial charge in [0.2, 0.25) is 5.95 Å². The largest absolute Gasteiger partial charge is 0.353 e. The second-order valence-electron chi connectivity index (χ2n) is 6.17. The molecule has 1 heterocycles. The molecule has 0 unspecified atom stereocenters. The molecule has 5 heteroatoms. The highest BCUT2D eigenvalue weighted by molar-refractivity contribution is 5.65. The van der Waals surface area contributed by atoms with E-state index in [1.807, 2.05) is 0 Å². The van der Waals surface area contributed by atoms with Crippen LogP contribution in [0.3, 0.4) is 0 Å². The van der Waals surface area contributed by atoms with E-state index >= 15 is 0 Å². The van der Waals surface area contributed by atoms with Gasteiger partial charge in [-0.25, -0.2) is 0 Å². The molecular weight excluding hydrogens is 274 g/mol. The number of aryl methyl sites for hydroxylation is 3. The number of rotatable bonds is 6. The van der Waals surface area contributed by atoms with Gasteiger partial charge in [-0.1, -0.05) is 31.5 Å². The molecule has 0 saturated heterocycles. The molecule has 0 spiro atoms. The van der Waals surface area contributed by atoms with Crippen LogP contribution in [0.4, 0.5) is 17.5 Å². The molecule has 0 atom stereocenters. The van der Waals surface area contributed by atoms with E-state index in [1.165, 1.54) is 16.7 Å². The molecule has 0 saturated carbocycles. The Morgan fingerprint density at radius 3 is 2.41 bits per heavy atom. The van der Waals surface area contributed by atoms with E-state index in [4.69, 9.17) is 0 Å². The van der Waals surface area contributed by atoms with Gasteiger partial charge in [0.15, 0.2) is 5.82 Å². The van der Waals surface area contributed by atoms with Crippen molar-refractivity contribution >= 4 is 17.5 Å². The van der Waals surface area contributed by atoms with Gasteiger partial charge in [-0.15, -0.1) is 5.10 Å². The highest BCUT2D eigenvalue weighted by Gasteiger charge is 2.06. The van der Waals surface area contributed by atoms with Crippen LogP contribution in [0.25, 0.3) is 0 Å². The number of nitrogens with zero attached hydrogens (tertiary/aromatic N) is 3. The zero-order valence-electron chi connectivity index (χ0n) is 14.1. The molecule has 0 bridgehead atoms. The number of hydrogen-bond acceptors (Lipinski definition) is 5. The van der Waals surface area contributed by atoms with Gasteiger partial charge in [0, 0.05) is 12.2 Å². The van der Waals surface area contributed by atoms with Gasteiger partial charge in [-0.3, -0.25) is 0 Å². The highest BCUT2D eigenvalue weighted by atomic mass is 15.3. The third-order valence-electron chi connectivity index (χ3n) is 3.49. The van der Waals surface area contributed by atoms with E-state index in [-0.39, 0.29) is 0 Å². The molecule has 1 aromatic carbocycles. The molecule has 0 aliphatic heterocycles. The minimum Gasteiger partial charge on any atom is -0.353 e. The lowest BCUT2D eigenvalue weighted by Gasteiger charge is -2.13. The van der Waals surface area contributed by atoms with Gasteiger partial charge < -0.3 is 10.6 Å². The Hall–Kier alpha value is -2.17. The first-order valence-electron chi connectivity index (χ1n) is 7.74. The summed E-state index contributed by atoms with van der Waals surface area (Å²) in [4.78, 5) is 4.47. The van der Waals surface area contributed by atoms with Gasteiger partial charge in [-0.05, 0) is 44.2 Å². The standard InChI is InChI=1S/C17H25N5/c1-11(2)6-7-18-17-21-15(10-19-22-17)20-16-13(4)8-12(3)9-14(16)5/h8-11H,6-7H2,1-5H3,(H2,18,20,21,22). The molecule has 0 amide bonds. The van der Waals surface area contributed by atoms with E-state index in [2.05, 4.69) is 72.6 Å². The van der Waals surface area contributed by atoms with Gasteiger partial charge >= 0.3 is 0 Å². The van der Waals surface area contributed by atoms with E-state index < -0.39 is 0 Å². The quantitative estimate of drug-likeness (QED) is 0.844. The Balaban J connectivity index is 2.10. The van der Waals surface area contributed by atoms with Crippen molar-refractivity contribution in [2.45, 2.75) is 41.0 Å². The minimum absolute atomic E-state index is 0.563. The normalized spacial score (nSPS) is 10.8. The van der Waals surface area contributed by atoms with Crippen molar-refractivity contribution in [3.05, 3.63) is 35.0 Å². The van der Waals surface area contributed by atoms with E-state index in [0.717, 1.165) is 18.7 Å². The fraction of sp³-hybridized carbons (Fsp3) is 0.471. The van der Waals surface area contributed by atoms with Gasteiger partial charge in [0.1, 0.15) is 0 Å². The van der Waals surface area contributed by atoms with Crippen molar-refractivity contribution in [1.29, 1.82) is 0 Å². The van der Waals surface area contributed by atoms with Crippen molar-refractivity contribution in [2.75, 3.05) is 17.2 Å². The van der Waals surface area contributed by atoms with Gasteiger partial charge in [-0.2, -0.15) is 10.1 Å². The first-order valence-corrected chi connectivity index (χ1v) is 7.74.